The largest absolute Gasteiger partial charge is 0.481 e. The number of hydrogen-bond acceptors (Lipinski definition) is 3. The number of carboxylic acid groups (broad SMARTS) is 1. The molecule has 0 aromatic carbocycles. The molecule has 19 heavy (non-hydrogen) atoms. The Bertz CT molecular complexity index is 320. The molecule has 5 heteroatoms. The minimum atomic E-state index is -0.757. The molecule has 0 radical (unpaired) electrons. The van der Waals surface area contributed by atoms with Gasteiger partial charge in [-0.15, -0.1) is 0 Å². The number of carbonyl (C=O) groups is 2. The summed E-state index contributed by atoms with van der Waals surface area (Å²) in [6, 6.07) is 0. The molecule has 0 aromatic rings. The van der Waals surface area contributed by atoms with E-state index in [1.165, 1.54) is 0 Å². The van der Waals surface area contributed by atoms with E-state index in [2.05, 4.69) is 0 Å². The molecule has 1 unspecified atom stereocenters. The van der Waals surface area contributed by atoms with Gasteiger partial charge < -0.3 is 15.7 Å². The van der Waals surface area contributed by atoms with Crippen molar-refractivity contribution in [2.75, 3.05) is 19.6 Å². The van der Waals surface area contributed by atoms with E-state index in [-0.39, 0.29) is 5.91 Å². The molecule has 1 heterocycles. The number of nitrogens with two attached hydrogens (primary N) is 1. The third kappa shape index (κ3) is 4.20. The standard InChI is InChI=1S/C14H26N2O3/c1-2-7-14(13(18)19)8-10-16(11-14)12(17)6-4-3-5-9-15/h2-11,15H2,1H3,(H,18,19). The van der Waals surface area contributed by atoms with Crippen molar-refractivity contribution >= 4 is 11.9 Å². The summed E-state index contributed by atoms with van der Waals surface area (Å²) >= 11 is 0. The molecule has 1 rings (SSSR count). The highest BCUT2D eigenvalue weighted by molar-refractivity contribution is 5.80. The summed E-state index contributed by atoms with van der Waals surface area (Å²) in [7, 11) is 0. The Morgan fingerprint density at radius 2 is 2.05 bits per heavy atom. The van der Waals surface area contributed by atoms with Crippen LogP contribution in [0.5, 0.6) is 0 Å². The first-order valence-corrected chi connectivity index (χ1v) is 7.27. The van der Waals surface area contributed by atoms with Gasteiger partial charge in [-0.2, -0.15) is 0 Å². The number of nitrogens with zero attached hydrogens (tertiary/aromatic N) is 1. The Kier molecular flexibility index (Phi) is 6.28. The van der Waals surface area contributed by atoms with E-state index in [1.54, 1.807) is 4.90 Å². The quantitative estimate of drug-likeness (QED) is 0.656. The van der Waals surface area contributed by atoms with Crippen LogP contribution in [-0.4, -0.2) is 41.5 Å². The second kappa shape index (κ2) is 7.48. The van der Waals surface area contributed by atoms with Gasteiger partial charge in [0, 0.05) is 19.5 Å². The van der Waals surface area contributed by atoms with Crippen LogP contribution in [0.4, 0.5) is 0 Å². The second-order valence-electron chi connectivity index (χ2n) is 5.50. The van der Waals surface area contributed by atoms with Crippen LogP contribution in [0, 0.1) is 5.41 Å². The van der Waals surface area contributed by atoms with Crippen molar-refractivity contribution in [1.29, 1.82) is 0 Å². The summed E-state index contributed by atoms with van der Waals surface area (Å²) in [5.41, 5.74) is 4.70. The van der Waals surface area contributed by atoms with Gasteiger partial charge in [0.1, 0.15) is 0 Å². The van der Waals surface area contributed by atoms with Crippen molar-refractivity contribution in [3.05, 3.63) is 0 Å². The first kappa shape index (κ1) is 16.0. The average Bonchev–Trinajstić information content (AvgIpc) is 2.81. The summed E-state index contributed by atoms with van der Waals surface area (Å²) in [6.45, 7) is 3.62. The van der Waals surface area contributed by atoms with E-state index in [9.17, 15) is 14.7 Å². The van der Waals surface area contributed by atoms with Crippen LogP contribution in [0.3, 0.4) is 0 Å². The lowest BCUT2D eigenvalue weighted by Crippen LogP contribution is -2.36. The molecule has 0 aromatic heterocycles. The van der Waals surface area contributed by atoms with Crippen LogP contribution >= 0.6 is 0 Å². The number of unbranched alkanes of at least 4 members (excludes halogenated alkanes) is 2. The number of aliphatic carboxylic acids is 1. The number of hydrogen-bond donors (Lipinski definition) is 2. The van der Waals surface area contributed by atoms with Gasteiger partial charge >= 0.3 is 5.97 Å². The van der Waals surface area contributed by atoms with Crippen LogP contribution < -0.4 is 5.73 Å². The lowest BCUT2D eigenvalue weighted by atomic mass is 9.83. The van der Waals surface area contributed by atoms with Crippen molar-refractivity contribution < 1.29 is 14.7 Å². The molecule has 1 saturated heterocycles. The zero-order valence-electron chi connectivity index (χ0n) is 11.9. The van der Waals surface area contributed by atoms with Crippen LogP contribution in [0.25, 0.3) is 0 Å². The van der Waals surface area contributed by atoms with E-state index in [0.29, 0.717) is 38.9 Å². The number of rotatable bonds is 8. The summed E-state index contributed by atoms with van der Waals surface area (Å²) < 4.78 is 0. The Morgan fingerprint density at radius 1 is 1.32 bits per heavy atom. The predicted molar refractivity (Wildman–Crippen MR) is 73.7 cm³/mol. The van der Waals surface area contributed by atoms with E-state index >= 15 is 0 Å². The Labute approximate surface area is 115 Å². The van der Waals surface area contributed by atoms with Crippen molar-refractivity contribution in [3.8, 4) is 0 Å². The molecule has 0 aliphatic carbocycles. The van der Waals surface area contributed by atoms with Gasteiger partial charge in [-0.25, -0.2) is 0 Å². The second-order valence-corrected chi connectivity index (χ2v) is 5.50. The van der Waals surface area contributed by atoms with E-state index in [4.69, 9.17) is 5.73 Å². The normalized spacial score (nSPS) is 22.7. The molecule has 110 valence electrons. The predicted octanol–water partition coefficient (Wildman–Crippen LogP) is 1.61. The minimum absolute atomic E-state index is 0.0937. The fourth-order valence-corrected chi connectivity index (χ4v) is 2.80. The third-order valence-corrected chi connectivity index (χ3v) is 3.98. The van der Waals surface area contributed by atoms with Crippen LogP contribution in [-0.2, 0) is 9.59 Å². The lowest BCUT2D eigenvalue weighted by Gasteiger charge is -2.24. The average molecular weight is 270 g/mol. The maximum absolute atomic E-state index is 12.0. The molecule has 1 aliphatic rings. The minimum Gasteiger partial charge on any atom is -0.481 e. The van der Waals surface area contributed by atoms with Gasteiger partial charge in [-0.1, -0.05) is 19.8 Å². The first-order valence-electron chi connectivity index (χ1n) is 7.27. The fraction of sp³-hybridized carbons (Fsp3) is 0.857. The maximum Gasteiger partial charge on any atom is 0.311 e. The van der Waals surface area contributed by atoms with Crippen molar-refractivity contribution in [2.45, 2.75) is 51.9 Å². The number of likely N-dealkylation sites (tertiary alicyclic amines) is 1. The van der Waals surface area contributed by atoms with Crippen LogP contribution in [0.1, 0.15) is 51.9 Å². The van der Waals surface area contributed by atoms with E-state index in [0.717, 1.165) is 25.7 Å². The monoisotopic (exact) mass is 270 g/mol. The number of carboxylic acids is 1. The van der Waals surface area contributed by atoms with E-state index in [1.807, 2.05) is 6.92 Å². The summed E-state index contributed by atoms with van der Waals surface area (Å²) in [4.78, 5) is 25.2. The zero-order valence-corrected chi connectivity index (χ0v) is 11.9. The maximum atomic E-state index is 12.0. The van der Waals surface area contributed by atoms with Crippen molar-refractivity contribution in [1.82, 2.24) is 4.90 Å². The lowest BCUT2D eigenvalue weighted by molar-refractivity contribution is -0.149. The highest BCUT2D eigenvalue weighted by atomic mass is 16.4. The van der Waals surface area contributed by atoms with Crippen LogP contribution in [0.2, 0.25) is 0 Å². The Morgan fingerprint density at radius 3 is 2.63 bits per heavy atom. The molecule has 1 amide bonds. The van der Waals surface area contributed by atoms with Crippen molar-refractivity contribution in [3.63, 3.8) is 0 Å². The third-order valence-electron chi connectivity index (χ3n) is 3.98. The highest BCUT2D eigenvalue weighted by Crippen LogP contribution is 2.35. The number of amides is 1. The molecule has 0 bridgehead atoms. The molecule has 5 nitrogen and oxygen atoms in total. The Balaban J connectivity index is 2.45. The summed E-state index contributed by atoms with van der Waals surface area (Å²) in [5.74, 6) is -0.663. The molecule has 0 spiro atoms. The molecule has 1 aliphatic heterocycles. The molecule has 1 fully saturated rings. The first-order chi connectivity index (χ1) is 9.05. The smallest absolute Gasteiger partial charge is 0.311 e. The number of carbonyl (C=O) groups excluding carboxylic acids is 1. The SMILES string of the molecule is CCCC1(C(=O)O)CCN(C(=O)CCCCCN)C1. The van der Waals surface area contributed by atoms with Crippen molar-refractivity contribution in [2.24, 2.45) is 11.1 Å². The zero-order chi connectivity index (χ0) is 14.3. The van der Waals surface area contributed by atoms with Gasteiger partial charge in [-0.05, 0) is 32.2 Å². The Hall–Kier alpha value is -1.10. The van der Waals surface area contributed by atoms with Gasteiger partial charge in [-0.3, -0.25) is 9.59 Å². The van der Waals surface area contributed by atoms with Gasteiger partial charge in [0.25, 0.3) is 0 Å². The molecule has 3 N–H and O–H groups in total. The molecular formula is C14H26N2O3. The van der Waals surface area contributed by atoms with Gasteiger partial charge in [0.05, 0.1) is 5.41 Å². The molecule has 0 saturated carbocycles. The topological polar surface area (TPSA) is 83.6 Å². The highest BCUT2D eigenvalue weighted by Gasteiger charge is 2.45. The fourth-order valence-electron chi connectivity index (χ4n) is 2.80. The molecular weight excluding hydrogens is 244 g/mol. The molecule has 1 atom stereocenters. The summed E-state index contributed by atoms with van der Waals surface area (Å²) in [5, 5.41) is 9.39. The van der Waals surface area contributed by atoms with Crippen LogP contribution in [0.15, 0.2) is 0 Å². The van der Waals surface area contributed by atoms with E-state index < -0.39 is 11.4 Å². The van der Waals surface area contributed by atoms with Gasteiger partial charge in [0.15, 0.2) is 0 Å². The summed E-state index contributed by atoms with van der Waals surface area (Å²) in [6.07, 6.45) is 5.36. The van der Waals surface area contributed by atoms with Gasteiger partial charge in [0.2, 0.25) is 5.91 Å².